The minimum absolute atomic E-state index is 0.0534. The van der Waals surface area contributed by atoms with Crippen molar-refractivity contribution in [1.29, 1.82) is 0 Å². The van der Waals surface area contributed by atoms with Gasteiger partial charge in [0.15, 0.2) is 5.60 Å². The topological polar surface area (TPSA) is 160 Å². The van der Waals surface area contributed by atoms with Crippen molar-refractivity contribution in [2.75, 3.05) is 48.1 Å². The van der Waals surface area contributed by atoms with Gasteiger partial charge in [-0.2, -0.15) is 0 Å². The Morgan fingerprint density at radius 3 is 2.20 bits per heavy atom. The van der Waals surface area contributed by atoms with Gasteiger partial charge in [0.1, 0.15) is 30.0 Å². The SMILES string of the molecule is CCN1C[C@]2(COC)C(OC(C)=O)C[C@H](OC)[C@]34C1[C@H]([C@H](OC)[C@H]23)[C@]1(OC(C)=O)[C@H]2[C@@H](OC(=O)c3ccccc3)[C@@](O)(C[C@H]24)[C@@H](OC)[C@@H]1O. The maximum atomic E-state index is 13.8. The van der Waals surface area contributed by atoms with Gasteiger partial charge in [-0.1, -0.05) is 25.1 Å². The molecule has 13 heteroatoms. The molecule has 7 bridgehead atoms. The zero-order valence-corrected chi connectivity index (χ0v) is 29.2. The second-order valence-electron chi connectivity index (χ2n) is 15.0. The fraction of sp³-hybridized carbons (Fsp3) is 0.750. The van der Waals surface area contributed by atoms with Crippen molar-refractivity contribution in [2.45, 2.75) is 87.5 Å². The van der Waals surface area contributed by atoms with Gasteiger partial charge < -0.3 is 43.4 Å². The highest BCUT2D eigenvalue weighted by molar-refractivity contribution is 5.89. The molecular formula is C36H49NO12. The smallest absolute Gasteiger partial charge is 0.338 e. The van der Waals surface area contributed by atoms with Gasteiger partial charge in [0.2, 0.25) is 0 Å². The van der Waals surface area contributed by atoms with Crippen LogP contribution in [0.5, 0.6) is 0 Å². The summed E-state index contributed by atoms with van der Waals surface area (Å²) in [5.74, 6) is -4.24. The molecule has 1 aliphatic heterocycles. The van der Waals surface area contributed by atoms with Crippen molar-refractivity contribution in [3.05, 3.63) is 35.9 Å². The van der Waals surface area contributed by atoms with Crippen LogP contribution < -0.4 is 0 Å². The number of likely N-dealkylation sites (tertiary alicyclic amines) is 1. The molecule has 0 aromatic heterocycles. The number of aliphatic hydroxyl groups excluding tert-OH is 1. The molecule has 1 spiro atoms. The lowest BCUT2D eigenvalue weighted by Crippen LogP contribution is -2.81. The first-order valence-electron chi connectivity index (χ1n) is 17.2. The second-order valence-corrected chi connectivity index (χ2v) is 15.0. The van der Waals surface area contributed by atoms with E-state index in [9.17, 15) is 24.6 Å². The number of piperidine rings is 1. The van der Waals surface area contributed by atoms with E-state index in [1.165, 1.54) is 21.0 Å². The van der Waals surface area contributed by atoms with E-state index in [0.717, 1.165) is 0 Å². The Labute approximate surface area is 286 Å². The molecular weight excluding hydrogens is 638 g/mol. The van der Waals surface area contributed by atoms with Crippen LogP contribution in [0.25, 0.3) is 0 Å². The molecule has 49 heavy (non-hydrogen) atoms. The summed E-state index contributed by atoms with van der Waals surface area (Å²) < 4.78 is 43.9. The van der Waals surface area contributed by atoms with Crippen molar-refractivity contribution >= 4 is 17.9 Å². The Morgan fingerprint density at radius 2 is 1.63 bits per heavy atom. The highest BCUT2D eigenvalue weighted by atomic mass is 16.6. The molecule has 270 valence electrons. The molecule has 0 radical (unpaired) electrons. The summed E-state index contributed by atoms with van der Waals surface area (Å²) >= 11 is 0. The molecule has 6 fully saturated rings. The number of hydrogen-bond acceptors (Lipinski definition) is 13. The third-order valence-corrected chi connectivity index (χ3v) is 13.4. The van der Waals surface area contributed by atoms with E-state index < -0.39 is 100 Å². The van der Waals surface area contributed by atoms with Crippen molar-refractivity contribution < 1.29 is 57.8 Å². The number of esters is 3. The lowest BCUT2D eigenvalue weighted by molar-refractivity contribution is -0.322. The predicted molar refractivity (Wildman–Crippen MR) is 170 cm³/mol. The van der Waals surface area contributed by atoms with Gasteiger partial charge in [0.25, 0.3) is 0 Å². The number of aliphatic hydroxyl groups is 2. The number of hydrogen-bond donors (Lipinski definition) is 2. The van der Waals surface area contributed by atoms with Gasteiger partial charge in [-0.05, 0) is 31.0 Å². The molecule has 5 saturated carbocycles. The number of methoxy groups -OCH3 is 4. The molecule has 1 saturated heterocycles. The monoisotopic (exact) mass is 687 g/mol. The maximum Gasteiger partial charge on any atom is 0.338 e. The molecule has 2 N–H and O–H groups in total. The van der Waals surface area contributed by atoms with E-state index >= 15 is 0 Å². The fourth-order valence-corrected chi connectivity index (χ4v) is 12.7. The summed E-state index contributed by atoms with van der Waals surface area (Å²) in [5.41, 5.74) is -4.92. The molecule has 13 nitrogen and oxygen atoms in total. The lowest BCUT2D eigenvalue weighted by atomic mass is 9.42. The van der Waals surface area contributed by atoms with Crippen molar-refractivity contribution in [2.24, 2.45) is 34.5 Å². The van der Waals surface area contributed by atoms with E-state index in [1.54, 1.807) is 51.7 Å². The van der Waals surface area contributed by atoms with Gasteiger partial charge in [0, 0.05) is 89.9 Å². The van der Waals surface area contributed by atoms with E-state index in [4.69, 9.17) is 33.2 Å². The third-order valence-electron chi connectivity index (χ3n) is 13.4. The van der Waals surface area contributed by atoms with Crippen LogP contribution in [-0.4, -0.2) is 135 Å². The summed E-state index contributed by atoms with van der Waals surface area (Å²) in [5, 5.41) is 25.5. The van der Waals surface area contributed by atoms with Crippen LogP contribution in [0.15, 0.2) is 30.3 Å². The Kier molecular flexibility index (Phi) is 8.49. The first-order valence-corrected chi connectivity index (χ1v) is 17.2. The van der Waals surface area contributed by atoms with Crippen LogP contribution in [0.1, 0.15) is 44.0 Å². The van der Waals surface area contributed by atoms with Gasteiger partial charge in [-0.15, -0.1) is 0 Å². The Bertz CT molecular complexity index is 1480. The normalized spacial score (nSPS) is 47.4. The molecule has 1 aromatic carbocycles. The lowest BCUT2D eigenvalue weighted by Gasteiger charge is -2.70. The van der Waals surface area contributed by atoms with Crippen LogP contribution in [0.4, 0.5) is 0 Å². The van der Waals surface area contributed by atoms with Crippen LogP contribution >= 0.6 is 0 Å². The van der Waals surface area contributed by atoms with Crippen LogP contribution in [-0.2, 0) is 42.7 Å². The first-order chi connectivity index (χ1) is 23.4. The van der Waals surface area contributed by atoms with Crippen molar-refractivity contribution in [3.63, 3.8) is 0 Å². The van der Waals surface area contributed by atoms with Gasteiger partial charge in [-0.25, -0.2) is 4.79 Å². The van der Waals surface area contributed by atoms with Gasteiger partial charge in [0.05, 0.1) is 24.4 Å². The Morgan fingerprint density at radius 1 is 0.918 bits per heavy atom. The zero-order chi connectivity index (χ0) is 35.3. The number of fused-ring (bicyclic) bond motifs is 2. The summed E-state index contributed by atoms with van der Waals surface area (Å²) in [6.07, 6.45) is -5.45. The van der Waals surface area contributed by atoms with E-state index in [1.807, 2.05) is 6.92 Å². The van der Waals surface area contributed by atoms with E-state index in [2.05, 4.69) is 4.90 Å². The zero-order valence-electron chi connectivity index (χ0n) is 29.2. The molecule has 15 atom stereocenters. The average molecular weight is 688 g/mol. The minimum atomic E-state index is -1.86. The van der Waals surface area contributed by atoms with E-state index in [-0.39, 0.29) is 24.6 Å². The number of carbonyl (C=O) groups excluding carboxylic acids is 3. The Balaban J connectivity index is 1.53. The van der Waals surface area contributed by atoms with Crippen LogP contribution in [0.3, 0.4) is 0 Å². The number of nitrogens with zero attached hydrogens (tertiary/aromatic N) is 1. The Hall–Kier alpha value is -2.65. The van der Waals surface area contributed by atoms with E-state index in [0.29, 0.717) is 19.5 Å². The predicted octanol–water partition coefficient (Wildman–Crippen LogP) is 1.22. The molecule has 0 amide bonds. The molecule has 1 heterocycles. The number of carbonyl (C=O) groups is 3. The molecule has 6 aliphatic rings. The van der Waals surface area contributed by atoms with Gasteiger partial charge in [-0.3, -0.25) is 14.5 Å². The van der Waals surface area contributed by atoms with Crippen LogP contribution in [0.2, 0.25) is 0 Å². The summed E-state index contributed by atoms with van der Waals surface area (Å²) in [4.78, 5) is 42.2. The number of rotatable bonds is 10. The average Bonchev–Trinajstić information content (AvgIpc) is 3.44. The molecule has 7 rings (SSSR count). The molecule has 5 aliphatic carbocycles. The third kappa shape index (κ3) is 4.21. The fourth-order valence-electron chi connectivity index (χ4n) is 12.7. The first kappa shape index (κ1) is 34.8. The van der Waals surface area contributed by atoms with Crippen molar-refractivity contribution in [3.8, 4) is 0 Å². The summed E-state index contributed by atoms with van der Waals surface area (Å²) in [6.45, 7) is 5.99. The molecule has 2 unspecified atom stereocenters. The minimum Gasteiger partial charge on any atom is -0.462 e. The quantitative estimate of drug-likeness (QED) is 0.267. The van der Waals surface area contributed by atoms with Crippen LogP contribution in [0, 0.1) is 34.5 Å². The molecule has 1 aromatic rings. The van der Waals surface area contributed by atoms with Crippen molar-refractivity contribution in [1.82, 2.24) is 4.90 Å². The second kappa shape index (κ2) is 12.0. The van der Waals surface area contributed by atoms with Gasteiger partial charge >= 0.3 is 17.9 Å². The summed E-state index contributed by atoms with van der Waals surface area (Å²) in [6, 6.07) is 8.12. The summed E-state index contributed by atoms with van der Waals surface area (Å²) in [7, 11) is 6.25. The maximum absolute atomic E-state index is 13.8. The highest BCUT2D eigenvalue weighted by Crippen LogP contribution is 2.80. The largest absolute Gasteiger partial charge is 0.462 e. The number of ether oxygens (including phenoxy) is 7. The number of benzene rings is 1. The highest BCUT2D eigenvalue weighted by Gasteiger charge is 2.92. The standard InChI is InChI=1S/C36H49NO12/c1-8-37-16-33(17-43-4)22(47-18(2)38)14-23(44-5)35-21-15-34(42)30(48-32(41)20-12-10-9-11-13-20)24(21)36(49-19(3)39,29(40)31(34)46-7)25(28(35)37)26(45-6)27(33)35/h9-13,21-31,40,42H,8,14-17H2,1-7H3/t21-,22?,23+,24-,25+,26+,27-,28?,29+,30-,31+,33+,34+,35+,36-/m1/s1.